The van der Waals surface area contributed by atoms with Crippen LogP contribution in [0, 0.1) is 0 Å². The number of carbonyl (C=O) groups is 2. The highest BCUT2D eigenvalue weighted by molar-refractivity contribution is 6.12. The first-order valence-corrected chi connectivity index (χ1v) is 8.51. The second-order valence-electron chi connectivity index (χ2n) is 6.00. The normalized spacial score (nSPS) is 15.0. The van der Waals surface area contributed by atoms with E-state index in [2.05, 4.69) is 15.2 Å². The van der Waals surface area contributed by atoms with Crippen molar-refractivity contribution in [2.24, 2.45) is 0 Å². The van der Waals surface area contributed by atoms with Gasteiger partial charge in [-0.15, -0.1) is 0 Å². The van der Waals surface area contributed by atoms with Crippen molar-refractivity contribution >= 4 is 28.5 Å². The SMILES string of the molecule is COC(=O)c1[nH]c2cccc(OC)c2c1NC(=O)CCN1CCOCC1. The lowest BCUT2D eigenvalue weighted by Crippen LogP contribution is -2.38. The molecule has 1 fully saturated rings. The Bertz CT molecular complexity index is 795. The fraction of sp³-hybridized carbons (Fsp3) is 0.444. The third-order valence-electron chi connectivity index (χ3n) is 4.42. The first kappa shape index (κ1) is 18.2. The molecule has 1 amide bonds. The highest BCUT2D eigenvalue weighted by Gasteiger charge is 2.23. The summed E-state index contributed by atoms with van der Waals surface area (Å²) >= 11 is 0. The first-order chi connectivity index (χ1) is 12.6. The van der Waals surface area contributed by atoms with E-state index in [1.807, 2.05) is 12.1 Å². The molecule has 0 aliphatic carbocycles. The molecular weight excluding hydrogens is 338 g/mol. The lowest BCUT2D eigenvalue weighted by Gasteiger charge is -2.26. The van der Waals surface area contributed by atoms with Crippen LogP contribution in [0.3, 0.4) is 0 Å². The number of hydrogen-bond donors (Lipinski definition) is 2. The molecule has 1 aliphatic heterocycles. The van der Waals surface area contributed by atoms with E-state index >= 15 is 0 Å². The minimum Gasteiger partial charge on any atom is -0.496 e. The molecule has 3 rings (SSSR count). The molecule has 1 aromatic carbocycles. The predicted molar refractivity (Wildman–Crippen MR) is 96.7 cm³/mol. The zero-order valence-corrected chi connectivity index (χ0v) is 15.0. The topological polar surface area (TPSA) is 92.9 Å². The molecule has 0 unspecified atom stereocenters. The summed E-state index contributed by atoms with van der Waals surface area (Å²) in [4.78, 5) is 29.8. The van der Waals surface area contributed by atoms with Gasteiger partial charge in [0.25, 0.3) is 0 Å². The van der Waals surface area contributed by atoms with E-state index in [-0.39, 0.29) is 11.6 Å². The van der Waals surface area contributed by atoms with Crippen molar-refractivity contribution in [1.82, 2.24) is 9.88 Å². The quantitative estimate of drug-likeness (QED) is 0.760. The largest absolute Gasteiger partial charge is 0.496 e. The second-order valence-corrected chi connectivity index (χ2v) is 6.00. The monoisotopic (exact) mass is 361 g/mol. The third kappa shape index (κ3) is 3.81. The number of esters is 1. The van der Waals surface area contributed by atoms with Gasteiger partial charge in [-0.05, 0) is 12.1 Å². The van der Waals surface area contributed by atoms with Crippen molar-refractivity contribution in [2.75, 3.05) is 52.4 Å². The number of morpholine rings is 1. The van der Waals surface area contributed by atoms with Crippen molar-refractivity contribution in [3.05, 3.63) is 23.9 Å². The van der Waals surface area contributed by atoms with Gasteiger partial charge in [0.05, 0.1) is 44.0 Å². The lowest BCUT2D eigenvalue weighted by molar-refractivity contribution is -0.116. The van der Waals surface area contributed by atoms with Crippen LogP contribution in [-0.4, -0.2) is 68.8 Å². The van der Waals surface area contributed by atoms with Crippen LogP contribution in [0.25, 0.3) is 10.9 Å². The minimum absolute atomic E-state index is 0.173. The molecule has 0 saturated carbocycles. The number of hydrogen-bond acceptors (Lipinski definition) is 6. The lowest BCUT2D eigenvalue weighted by atomic mass is 10.2. The molecule has 26 heavy (non-hydrogen) atoms. The van der Waals surface area contributed by atoms with Crippen molar-refractivity contribution in [3.63, 3.8) is 0 Å². The fourth-order valence-corrected chi connectivity index (χ4v) is 3.05. The third-order valence-corrected chi connectivity index (χ3v) is 4.42. The summed E-state index contributed by atoms with van der Waals surface area (Å²) in [5.74, 6) is -0.155. The van der Waals surface area contributed by atoms with Gasteiger partial charge in [0, 0.05) is 26.1 Å². The number of fused-ring (bicyclic) bond motifs is 1. The molecule has 8 nitrogen and oxygen atoms in total. The summed E-state index contributed by atoms with van der Waals surface area (Å²) in [7, 11) is 2.85. The molecule has 1 saturated heterocycles. The molecule has 0 atom stereocenters. The Kier molecular flexibility index (Phi) is 5.75. The van der Waals surface area contributed by atoms with E-state index < -0.39 is 5.97 Å². The molecule has 0 spiro atoms. The number of aromatic amines is 1. The van der Waals surface area contributed by atoms with E-state index in [9.17, 15) is 9.59 Å². The van der Waals surface area contributed by atoms with Crippen molar-refractivity contribution < 1.29 is 23.8 Å². The Morgan fingerprint density at radius 2 is 2.04 bits per heavy atom. The fourth-order valence-electron chi connectivity index (χ4n) is 3.05. The number of anilines is 1. The Labute approximate surface area is 151 Å². The maximum Gasteiger partial charge on any atom is 0.356 e. The van der Waals surface area contributed by atoms with E-state index in [1.165, 1.54) is 7.11 Å². The predicted octanol–water partition coefficient (Wildman–Crippen LogP) is 1.62. The molecule has 140 valence electrons. The second kappa shape index (κ2) is 8.20. The van der Waals surface area contributed by atoms with Crippen LogP contribution >= 0.6 is 0 Å². The Hall–Kier alpha value is -2.58. The number of rotatable bonds is 6. The summed E-state index contributed by atoms with van der Waals surface area (Å²) in [6, 6.07) is 5.40. The average Bonchev–Trinajstić information content (AvgIpc) is 3.05. The van der Waals surface area contributed by atoms with Crippen molar-refractivity contribution in [3.8, 4) is 5.75 Å². The number of H-pyrrole nitrogens is 1. The van der Waals surface area contributed by atoms with Crippen LogP contribution in [0.5, 0.6) is 5.75 Å². The number of amides is 1. The van der Waals surface area contributed by atoms with Gasteiger partial charge in [0.2, 0.25) is 5.91 Å². The number of methoxy groups -OCH3 is 2. The van der Waals surface area contributed by atoms with Gasteiger partial charge in [-0.1, -0.05) is 6.07 Å². The minimum atomic E-state index is -0.549. The van der Waals surface area contributed by atoms with Crippen LogP contribution in [0.2, 0.25) is 0 Å². The highest BCUT2D eigenvalue weighted by Crippen LogP contribution is 2.35. The average molecular weight is 361 g/mol. The van der Waals surface area contributed by atoms with Crippen LogP contribution in [0.1, 0.15) is 16.9 Å². The van der Waals surface area contributed by atoms with Crippen molar-refractivity contribution in [1.29, 1.82) is 0 Å². The van der Waals surface area contributed by atoms with Gasteiger partial charge in [0.1, 0.15) is 11.4 Å². The number of ether oxygens (including phenoxy) is 3. The van der Waals surface area contributed by atoms with Gasteiger partial charge < -0.3 is 24.5 Å². The summed E-state index contributed by atoms with van der Waals surface area (Å²) in [5, 5.41) is 3.50. The van der Waals surface area contributed by atoms with Crippen LogP contribution in [0.4, 0.5) is 5.69 Å². The van der Waals surface area contributed by atoms with Gasteiger partial charge in [-0.3, -0.25) is 9.69 Å². The molecule has 1 aliphatic rings. The van der Waals surface area contributed by atoms with Crippen molar-refractivity contribution in [2.45, 2.75) is 6.42 Å². The molecule has 0 bridgehead atoms. The van der Waals surface area contributed by atoms with Gasteiger partial charge in [0.15, 0.2) is 0 Å². The molecule has 2 heterocycles. The van der Waals surface area contributed by atoms with Gasteiger partial charge >= 0.3 is 5.97 Å². The Balaban J connectivity index is 1.82. The summed E-state index contributed by atoms with van der Waals surface area (Å²) in [6.45, 7) is 3.66. The van der Waals surface area contributed by atoms with E-state index in [0.717, 1.165) is 13.1 Å². The summed E-state index contributed by atoms with van der Waals surface area (Å²) in [6.07, 6.45) is 0.322. The zero-order valence-electron chi connectivity index (χ0n) is 15.0. The van der Waals surface area contributed by atoms with Crippen LogP contribution in [0.15, 0.2) is 18.2 Å². The zero-order chi connectivity index (χ0) is 18.5. The molecule has 2 N–H and O–H groups in total. The van der Waals surface area contributed by atoms with E-state index in [0.29, 0.717) is 48.5 Å². The molecule has 8 heteroatoms. The standard InChI is InChI=1S/C18H23N3O5/c1-24-13-5-3-4-12-15(13)16(17(19-12)18(23)25-2)20-14(22)6-7-21-8-10-26-11-9-21/h3-5,19H,6-11H2,1-2H3,(H,20,22). The smallest absolute Gasteiger partial charge is 0.356 e. The molecule has 2 aromatic rings. The molecular formula is C18H23N3O5. The van der Waals surface area contributed by atoms with Gasteiger partial charge in [-0.25, -0.2) is 4.79 Å². The maximum absolute atomic E-state index is 12.5. The Morgan fingerprint density at radius 3 is 2.73 bits per heavy atom. The number of carbonyl (C=O) groups excluding carboxylic acids is 2. The van der Waals surface area contributed by atoms with Crippen LogP contribution < -0.4 is 10.1 Å². The maximum atomic E-state index is 12.5. The highest BCUT2D eigenvalue weighted by atomic mass is 16.5. The summed E-state index contributed by atoms with van der Waals surface area (Å²) < 4.78 is 15.5. The molecule has 0 radical (unpaired) electrons. The summed E-state index contributed by atoms with van der Waals surface area (Å²) in [5.41, 5.74) is 1.27. The van der Waals surface area contributed by atoms with Crippen LogP contribution in [-0.2, 0) is 14.3 Å². The number of nitrogens with zero attached hydrogens (tertiary/aromatic N) is 1. The Morgan fingerprint density at radius 1 is 1.27 bits per heavy atom. The van der Waals surface area contributed by atoms with E-state index in [1.54, 1.807) is 13.2 Å². The number of nitrogens with one attached hydrogen (secondary N) is 2. The van der Waals surface area contributed by atoms with Gasteiger partial charge in [-0.2, -0.15) is 0 Å². The number of aromatic nitrogens is 1. The molecule has 1 aromatic heterocycles. The number of benzene rings is 1. The first-order valence-electron chi connectivity index (χ1n) is 8.51. The van der Waals surface area contributed by atoms with E-state index in [4.69, 9.17) is 14.2 Å².